The summed E-state index contributed by atoms with van der Waals surface area (Å²) in [5.41, 5.74) is 2.80. The molecule has 4 heteroatoms. The van der Waals surface area contributed by atoms with Crippen molar-refractivity contribution in [2.24, 2.45) is 0 Å². The van der Waals surface area contributed by atoms with Crippen LogP contribution < -0.4 is 10.6 Å². The molecule has 1 aromatic rings. The van der Waals surface area contributed by atoms with Crippen molar-refractivity contribution in [3.05, 3.63) is 35.7 Å². The molecule has 1 saturated heterocycles. The lowest BCUT2D eigenvalue weighted by Crippen LogP contribution is -2.32. The molecular weight excluding hydrogens is 250 g/mol. The monoisotopic (exact) mass is 269 g/mol. The van der Waals surface area contributed by atoms with Crippen LogP contribution in [-0.2, 0) is 0 Å². The average molecular weight is 269 g/mol. The summed E-state index contributed by atoms with van der Waals surface area (Å²) in [7, 11) is 0. The summed E-state index contributed by atoms with van der Waals surface area (Å²) in [6.07, 6.45) is 7.98. The maximum absolute atomic E-state index is 12.1. The molecule has 1 aromatic heterocycles. The molecule has 2 fully saturated rings. The molecule has 104 valence electrons. The van der Waals surface area contributed by atoms with E-state index in [0.29, 0.717) is 23.8 Å². The Balaban J connectivity index is 1.57. The van der Waals surface area contributed by atoms with E-state index in [-0.39, 0.29) is 5.91 Å². The van der Waals surface area contributed by atoms with E-state index in [1.165, 1.54) is 18.4 Å². The zero-order chi connectivity index (χ0) is 13.5. The van der Waals surface area contributed by atoms with Crippen molar-refractivity contribution in [2.75, 3.05) is 0 Å². The van der Waals surface area contributed by atoms with E-state index < -0.39 is 0 Å². The van der Waals surface area contributed by atoms with Crippen LogP contribution >= 0.6 is 0 Å². The average Bonchev–Trinajstić information content (AvgIpc) is 3.23. The fraction of sp³-hybridized carbons (Fsp3) is 0.500. The molecule has 2 atom stereocenters. The number of aromatic nitrogens is 1. The lowest BCUT2D eigenvalue weighted by molar-refractivity contribution is 0.0946. The van der Waals surface area contributed by atoms with Gasteiger partial charge >= 0.3 is 0 Å². The van der Waals surface area contributed by atoms with Gasteiger partial charge in [-0.15, -0.1) is 0 Å². The van der Waals surface area contributed by atoms with Crippen LogP contribution in [-0.4, -0.2) is 29.0 Å². The van der Waals surface area contributed by atoms with Gasteiger partial charge in [-0.1, -0.05) is 12.1 Å². The largest absolute Gasteiger partial charge is 0.348 e. The van der Waals surface area contributed by atoms with Crippen molar-refractivity contribution in [1.82, 2.24) is 15.6 Å². The van der Waals surface area contributed by atoms with Crippen LogP contribution in [0.25, 0.3) is 5.57 Å². The van der Waals surface area contributed by atoms with Crippen molar-refractivity contribution in [1.29, 1.82) is 0 Å². The molecule has 3 aliphatic rings. The van der Waals surface area contributed by atoms with Gasteiger partial charge < -0.3 is 10.6 Å². The predicted octanol–water partition coefficient (Wildman–Crippen LogP) is 1.88. The molecule has 4 nitrogen and oxygen atoms in total. The van der Waals surface area contributed by atoms with Crippen LogP contribution in [0.3, 0.4) is 0 Å². The highest BCUT2D eigenvalue weighted by molar-refractivity contribution is 5.93. The number of nitrogens with one attached hydrogen (secondary N) is 2. The second-order valence-electron chi connectivity index (χ2n) is 6.10. The molecule has 0 spiro atoms. The van der Waals surface area contributed by atoms with Crippen LogP contribution in [0, 0.1) is 0 Å². The molecule has 2 aliphatic heterocycles. The molecule has 2 N–H and O–H groups in total. The number of hydrogen-bond donors (Lipinski definition) is 2. The minimum Gasteiger partial charge on any atom is -0.348 e. The first-order chi connectivity index (χ1) is 9.78. The standard InChI is InChI=1S/C16H19N3O/c20-16(18-11-4-5-11)15-3-1-2-14(19-15)10-8-12-6-7-13(9-10)17-12/h1-3,8,11-13,17H,4-7,9H2,(H,18,20). The van der Waals surface area contributed by atoms with Gasteiger partial charge in [0.25, 0.3) is 5.91 Å². The predicted molar refractivity (Wildman–Crippen MR) is 77.3 cm³/mol. The molecule has 3 heterocycles. The van der Waals surface area contributed by atoms with E-state index in [1.807, 2.05) is 12.1 Å². The second-order valence-corrected chi connectivity index (χ2v) is 6.10. The van der Waals surface area contributed by atoms with Crippen LogP contribution in [0.1, 0.15) is 48.3 Å². The number of carbonyl (C=O) groups excluding carboxylic acids is 1. The van der Waals surface area contributed by atoms with Crippen LogP contribution in [0.5, 0.6) is 0 Å². The first-order valence-corrected chi connectivity index (χ1v) is 7.53. The molecule has 1 amide bonds. The van der Waals surface area contributed by atoms with Crippen LogP contribution in [0.2, 0.25) is 0 Å². The van der Waals surface area contributed by atoms with Gasteiger partial charge in [-0.3, -0.25) is 4.79 Å². The van der Waals surface area contributed by atoms with Crippen molar-refractivity contribution < 1.29 is 4.79 Å². The quantitative estimate of drug-likeness (QED) is 0.881. The Morgan fingerprint density at radius 3 is 2.95 bits per heavy atom. The number of nitrogens with zero attached hydrogens (tertiary/aromatic N) is 1. The van der Waals surface area contributed by atoms with Crippen molar-refractivity contribution >= 4 is 11.5 Å². The maximum atomic E-state index is 12.1. The molecule has 1 saturated carbocycles. The van der Waals surface area contributed by atoms with Crippen molar-refractivity contribution in [2.45, 2.75) is 50.2 Å². The van der Waals surface area contributed by atoms with Gasteiger partial charge in [0.2, 0.25) is 0 Å². The maximum Gasteiger partial charge on any atom is 0.270 e. The van der Waals surface area contributed by atoms with Gasteiger partial charge in [0.1, 0.15) is 5.69 Å². The number of fused-ring (bicyclic) bond motifs is 2. The van der Waals surface area contributed by atoms with Crippen molar-refractivity contribution in [3.63, 3.8) is 0 Å². The summed E-state index contributed by atoms with van der Waals surface area (Å²) in [4.78, 5) is 16.6. The van der Waals surface area contributed by atoms with Crippen molar-refractivity contribution in [3.8, 4) is 0 Å². The summed E-state index contributed by atoms with van der Waals surface area (Å²) in [6, 6.07) is 7.22. The summed E-state index contributed by atoms with van der Waals surface area (Å²) < 4.78 is 0. The Labute approximate surface area is 118 Å². The van der Waals surface area contributed by atoms with E-state index >= 15 is 0 Å². The summed E-state index contributed by atoms with van der Waals surface area (Å²) in [6.45, 7) is 0. The van der Waals surface area contributed by atoms with E-state index in [9.17, 15) is 4.79 Å². The van der Waals surface area contributed by atoms with Gasteiger partial charge in [0, 0.05) is 18.1 Å². The molecule has 2 unspecified atom stereocenters. The zero-order valence-corrected chi connectivity index (χ0v) is 11.4. The Morgan fingerprint density at radius 2 is 2.15 bits per heavy atom. The molecule has 2 bridgehead atoms. The highest BCUT2D eigenvalue weighted by Gasteiger charge is 2.29. The lowest BCUT2D eigenvalue weighted by atomic mass is 10.00. The number of carbonyl (C=O) groups is 1. The third-order valence-electron chi connectivity index (χ3n) is 4.37. The first kappa shape index (κ1) is 12.1. The molecule has 20 heavy (non-hydrogen) atoms. The van der Waals surface area contributed by atoms with E-state index in [0.717, 1.165) is 25.0 Å². The zero-order valence-electron chi connectivity index (χ0n) is 11.4. The topological polar surface area (TPSA) is 54.0 Å². The summed E-state index contributed by atoms with van der Waals surface area (Å²) >= 11 is 0. The van der Waals surface area contributed by atoms with E-state index in [1.54, 1.807) is 6.07 Å². The Hall–Kier alpha value is -1.68. The van der Waals surface area contributed by atoms with Gasteiger partial charge in [-0.05, 0) is 49.8 Å². The van der Waals surface area contributed by atoms with E-state index in [4.69, 9.17) is 0 Å². The second kappa shape index (κ2) is 4.70. The van der Waals surface area contributed by atoms with Crippen LogP contribution in [0.15, 0.2) is 24.3 Å². The number of rotatable bonds is 3. The molecule has 0 radical (unpaired) electrons. The highest BCUT2D eigenvalue weighted by atomic mass is 16.2. The van der Waals surface area contributed by atoms with Crippen LogP contribution in [0.4, 0.5) is 0 Å². The fourth-order valence-electron chi connectivity index (χ4n) is 3.14. The van der Waals surface area contributed by atoms with Gasteiger partial charge in [0.05, 0.1) is 5.69 Å². The molecular formula is C16H19N3O. The van der Waals surface area contributed by atoms with E-state index in [2.05, 4.69) is 21.7 Å². The van der Waals surface area contributed by atoms with Gasteiger partial charge in [0.15, 0.2) is 0 Å². The highest BCUT2D eigenvalue weighted by Crippen LogP contribution is 2.31. The molecule has 1 aliphatic carbocycles. The Morgan fingerprint density at radius 1 is 1.25 bits per heavy atom. The summed E-state index contributed by atoms with van der Waals surface area (Å²) in [5, 5.41) is 6.58. The summed E-state index contributed by atoms with van der Waals surface area (Å²) in [5.74, 6) is -0.0353. The number of amides is 1. The number of hydrogen-bond acceptors (Lipinski definition) is 3. The van der Waals surface area contributed by atoms with Gasteiger partial charge in [-0.25, -0.2) is 4.98 Å². The SMILES string of the molecule is O=C(NC1CC1)c1cccc(C2=CC3CCC(C2)N3)n1. The van der Waals surface area contributed by atoms with Gasteiger partial charge in [-0.2, -0.15) is 0 Å². The molecule has 4 rings (SSSR count). The minimum absolute atomic E-state index is 0.0353. The third-order valence-corrected chi connectivity index (χ3v) is 4.37. The smallest absolute Gasteiger partial charge is 0.270 e. The number of pyridine rings is 1. The fourth-order valence-corrected chi connectivity index (χ4v) is 3.14. The Kier molecular flexibility index (Phi) is 2.84. The lowest BCUT2D eigenvalue weighted by Gasteiger charge is -2.21. The third kappa shape index (κ3) is 2.36. The minimum atomic E-state index is -0.0353. The molecule has 0 aromatic carbocycles. The Bertz CT molecular complexity index is 577. The first-order valence-electron chi connectivity index (χ1n) is 7.53. The normalized spacial score (nSPS) is 28.1.